The van der Waals surface area contributed by atoms with Crippen molar-refractivity contribution in [3.05, 3.63) is 83.4 Å². The zero-order chi connectivity index (χ0) is 27.5. The van der Waals surface area contributed by atoms with E-state index >= 15 is 0 Å². The monoisotopic (exact) mass is 520 g/mol. The molecular weight excluding hydrogens is 502 g/mol. The summed E-state index contributed by atoms with van der Waals surface area (Å²) in [4.78, 5) is 45.4. The molecule has 0 unspecified atom stereocenters. The Morgan fingerprint density at radius 3 is 1.32 bits per heavy atom. The van der Waals surface area contributed by atoms with Gasteiger partial charge in [-0.1, -0.05) is 72.3 Å². The van der Waals surface area contributed by atoms with Crippen molar-refractivity contribution in [2.45, 2.75) is 32.1 Å². The molecule has 37 heavy (non-hydrogen) atoms. The number of carbonyl (C=O) groups is 4. The highest BCUT2D eigenvalue weighted by atomic mass is 19.4. The van der Waals surface area contributed by atoms with E-state index in [9.17, 15) is 45.5 Å². The lowest BCUT2D eigenvalue weighted by Crippen LogP contribution is -2.31. The molecule has 3 aromatic rings. The molecule has 0 aliphatic carbocycles. The summed E-state index contributed by atoms with van der Waals surface area (Å²) in [6.45, 7) is 1.84. The third-order valence-electron chi connectivity index (χ3n) is 5.46. The third kappa shape index (κ3) is 6.78. The van der Waals surface area contributed by atoms with Crippen LogP contribution in [-0.4, -0.2) is 35.5 Å². The van der Waals surface area contributed by atoms with E-state index in [1.165, 1.54) is 24.3 Å². The molecule has 0 heterocycles. The highest BCUT2D eigenvalue weighted by Gasteiger charge is 2.43. The number of alkyl halides is 6. The Labute approximate surface area is 206 Å². The minimum Gasteiger partial charge on any atom is -0.290 e. The minimum absolute atomic E-state index is 0.224. The van der Waals surface area contributed by atoms with E-state index in [4.69, 9.17) is 0 Å². The van der Waals surface area contributed by atoms with Crippen molar-refractivity contribution in [3.63, 3.8) is 0 Å². The van der Waals surface area contributed by atoms with E-state index in [1.807, 2.05) is 19.1 Å². The summed E-state index contributed by atoms with van der Waals surface area (Å²) in [7, 11) is 0. The molecule has 0 N–H and O–H groups in total. The first-order chi connectivity index (χ1) is 17.2. The molecule has 0 aromatic heterocycles. The summed E-state index contributed by atoms with van der Waals surface area (Å²) in [6, 6.07) is 17.6. The van der Waals surface area contributed by atoms with Crippen LogP contribution in [0.4, 0.5) is 26.3 Å². The fraction of sp³-hybridized carbons (Fsp3) is 0.185. The van der Waals surface area contributed by atoms with Gasteiger partial charge in [-0.2, -0.15) is 26.3 Å². The Bertz CT molecular complexity index is 1350. The van der Waals surface area contributed by atoms with Gasteiger partial charge < -0.3 is 0 Å². The molecule has 0 aliphatic heterocycles. The number of hydrogen-bond acceptors (Lipinski definition) is 4. The number of ketones is 4. The lowest BCUT2D eigenvalue weighted by molar-refractivity contribution is -0.174. The van der Waals surface area contributed by atoms with Gasteiger partial charge in [-0.05, 0) is 40.3 Å². The number of benzene rings is 3. The first-order valence-corrected chi connectivity index (χ1v) is 10.7. The van der Waals surface area contributed by atoms with Crippen molar-refractivity contribution >= 4 is 23.1 Å². The summed E-state index contributed by atoms with van der Waals surface area (Å²) < 4.78 is 74.7. The van der Waals surface area contributed by atoms with Crippen LogP contribution in [0.1, 0.15) is 16.7 Å². The predicted molar refractivity (Wildman–Crippen MR) is 122 cm³/mol. The standard InChI is InChI=1S/C27H18F6O4/c1-15-2-11-20(18-7-3-16(4-8-18)13-22(34)24(36)26(28,29)30)21(12-15)19-9-5-17(6-10-19)14-23(35)25(37)27(31,32)33/h2-12H,13-14H2,1H3. The number of halogens is 6. The molecule has 10 heteroatoms. The number of hydrogen-bond donors (Lipinski definition) is 0. The number of rotatable bonds is 8. The minimum atomic E-state index is -5.23. The highest BCUT2D eigenvalue weighted by Crippen LogP contribution is 2.33. The van der Waals surface area contributed by atoms with Crippen molar-refractivity contribution < 1.29 is 45.5 Å². The molecule has 3 rings (SSSR count). The van der Waals surface area contributed by atoms with Crippen LogP contribution in [0, 0.1) is 6.92 Å². The summed E-state index contributed by atoms with van der Waals surface area (Å²) >= 11 is 0. The second kappa shape index (κ2) is 10.5. The fourth-order valence-corrected chi connectivity index (χ4v) is 3.60. The van der Waals surface area contributed by atoms with Gasteiger partial charge in [0.2, 0.25) is 11.6 Å². The lowest BCUT2D eigenvalue weighted by atomic mass is 9.91. The van der Waals surface area contributed by atoms with Gasteiger partial charge in [-0.15, -0.1) is 0 Å². The molecule has 0 amide bonds. The summed E-state index contributed by atoms with van der Waals surface area (Å²) in [5.41, 5.74) is 4.09. The Morgan fingerprint density at radius 2 is 0.946 bits per heavy atom. The molecule has 0 spiro atoms. The maximum Gasteiger partial charge on any atom is 0.458 e. The normalized spacial score (nSPS) is 11.8. The van der Waals surface area contributed by atoms with Crippen molar-refractivity contribution in [3.8, 4) is 22.3 Å². The van der Waals surface area contributed by atoms with Gasteiger partial charge >= 0.3 is 23.9 Å². The largest absolute Gasteiger partial charge is 0.458 e. The summed E-state index contributed by atoms with van der Waals surface area (Å²) in [5, 5.41) is 0. The van der Waals surface area contributed by atoms with E-state index in [2.05, 4.69) is 0 Å². The van der Waals surface area contributed by atoms with Crippen LogP contribution in [0.5, 0.6) is 0 Å². The van der Waals surface area contributed by atoms with E-state index < -0.39 is 48.3 Å². The first kappa shape index (κ1) is 27.5. The zero-order valence-electron chi connectivity index (χ0n) is 19.2. The van der Waals surface area contributed by atoms with Crippen LogP contribution >= 0.6 is 0 Å². The van der Waals surface area contributed by atoms with Crippen LogP contribution in [0.25, 0.3) is 22.3 Å². The van der Waals surface area contributed by atoms with Gasteiger partial charge in [0.1, 0.15) is 0 Å². The van der Waals surface area contributed by atoms with Crippen molar-refractivity contribution in [1.82, 2.24) is 0 Å². The highest BCUT2D eigenvalue weighted by molar-refractivity contribution is 6.40. The SMILES string of the molecule is Cc1ccc(-c2ccc(CC(=O)C(=O)C(F)(F)F)cc2)c(-c2ccc(CC(=O)C(=O)C(F)(F)F)cc2)c1. The van der Waals surface area contributed by atoms with Crippen LogP contribution in [0.3, 0.4) is 0 Å². The number of Topliss-reactive ketones (excluding diaryl/α,β-unsaturated/α-hetero) is 4. The molecule has 0 saturated heterocycles. The number of aryl methyl sites for hydroxylation is 1. The fourth-order valence-electron chi connectivity index (χ4n) is 3.60. The zero-order valence-corrected chi connectivity index (χ0v) is 19.2. The van der Waals surface area contributed by atoms with E-state index in [0.717, 1.165) is 11.1 Å². The van der Waals surface area contributed by atoms with Gasteiger partial charge in [0.05, 0.1) is 0 Å². The van der Waals surface area contributed by atoms with Crippen LogP contribution in [0.2, 0.25) is 0 Å². The topological polar surface area (TPSA) is 68.3 Å². The van der Waals surface area contributed by atoms with E-state index in [-0.39, 0.29) is 11.1 Å². The third-order valence-corrected chi connectivity index (χ3v) is 5.46. The molecule has 0 saturated carbocycles. The quantitative estimate of drug-likeness (QED) is 0.278. The van der Waals surface area contributed by atoms with Crippen molar-refractivity contribution in [2.75, 3.05) is 0 Å². The smallest absolute Gasteiger partial charge is 0.290 e. The second-order valence-corrected chi connectivity index (χ2v) is 8.30. The average Bonchev–Trinajstić information content (AvgIpc) is 2.83. The molecular formula is C27H18F6O4. The van der Waals surface area contributed by atoms with Gasteiger partial charge in [0, 0.05) is 12.8 Å². The molecule has 0 aliphatic rings. The Balaban J connectivity index is 1.84. The van der Waals surface area contributed by atoms with Crippen LogP contribution in [0.15, 0.2) is 66.7 Å². The van der Waals surface area contributed by atoms with E-state index in [0.29, 0.717) is 16.7 Å². The lowest BCUT2D eigenvalue weighted by Gasteiger charge is -2.13. The average molecular weight is 520 g/mol. The predicted octanol–water partition coefficient (Wildman–Crippen LogP) is 5.82. The number of carbonyl (C=O) groups excluding carboxylic acids is 4. The summed E-state index contributed by atoms with van der Waals surface area (Å²) in [6.07, 6.45) is -11.9. The van der Waals surface area contributed by atoms with Crippen LogP contribution in [-0.2, 0) is 32.0 Å². The summed E-state index contributed by atoms with van der Waals surface area (Å²) in [5.74, 6) is -7.95. The van der Waals surface area contributed by atoms with Crippen LogP contribution < -0.4 is 0 Å². The Kier molecular flexibility index (Phi) is 7.80. The van der Waals surface area contributed by atoms with Crippen molar-refractivity contribution in [1.29, 1.82) is 0 Å². The van der Waals surface area contributed by atoms with Gasteiger partial charge in [-0.3, -0.25) is 19.2 Å². The molecule has 0 radical (unpaired) electrons. The molecule has 0 bridgehead atoms. The molecule has 0 fully saturated rings. The Hall–Kier alpha value is -4.08. The molecule has 192 valence electrons. The molecule has 0 atom stereocenters. The molecule has 4 nitrogen and oxygen atoms in total. The maximum absolute atomic E-state index is 12.5. The van der Waals surface area contributed by atoms with Gasteiger partial charge in [-0.25, -0.2) is 0 Å². The first-order valence-electron chi connectivity index (χ1n) is 10.7. The second-order valence-electron chi connectivity index (χ2n) is 8.30. The Morgan fingerprint density at radius 1 is 0.568 bits per heavy atom. The van der Waals surface area contributed by atoms with E-state index in [1.54, 1.807) is 30.3 Å². The maximum atomic E-state index is 12.5. The molecule has 3 aromatic carbocycles. The van der Waals surface area contributed by atoms with Crippen molar-refractivity contribution in [2.24, 2.45) is 0 Å². The van der Waals surface area contributed by atoms with Gasteiger partial charge in [0.15, 0.2) is 0 Å². The van der Waals surface area contributed by atoms with Gasteiger partial charge in [0.25, 0.3) is 0 Å².